The Morgan fingerprint density at radius 1 is 1.05 bits per heavy atom. The molecule has 1 aromatic carbocycles. The molecule has 1 unspecified atom stereocenters. The van der Waals surface area contributed by atoms with Crippen LogP contribution in [-0.2, 0) is 9.59 Å². The third-order valence-corrected chi connectivity index (χ3v) is 2.00. The Balaban J connectivity index is 0. The zero-order valence-electron chi connectivity index (χ0n) is 10.7. The van der Waals surface area contributed by atoms with Gasteiger partial charge in [0.15, 0.2) is 0 Å². The van der Waals surface area contributed by atoms with E-state index in [0.717, 1.165) is 0 Å². The van der Waals surface area contributed by atoms with Crippen molar-refractivity contribution in [3.8, 4) is 0 Å². The Labute approximate surface area is 133 Å². The van der Waals surface area contributed by atoms with Crippen molar-refractivity contribution in [2.24, 2.45) is 0 Å². The van der Waals surface area contributed by atoms with Gasteiger partial charge in [-0.15, -0.1) is 0 Å². The van der Waals surface area contributed by atoms with Gasteiger partial charge in [-0.05, 0) is 12.1 Å². The van der Waals surface area contributed by atoms with Crippen LogP contribution >= 0.6 is 0 Å². The quantitative estimate of drug-likeness (QED) is 0.521. The fourth-order valence-corrected chi connectivity index (χ4v) is 1.19. The third-order valence-electron chi connectivity index (χ3n) is 2.00. The van der Waals surface area contributed by atoms with Gasteiger partial charge in [0, 0.05) is 18.0 Å². The van der Waals surface area contributed by atoms with Crippen LogP contribution in [0.15, 0.2) is 30.3 Å². The molecule has 0 saturated carbocycles. The van der Waals surface area contributed by atoms with Crippen molar-refractivity contribution in [3.05, 3.63) is 35.9 Å². The first-order chi connectivity index (χ1) is 8.00. The molecule has 0 fully saturated rings. The molecule has 0 spiro atoms. The fourth-order valence-electron chi connectivity index (χ4n) is 1.19. The smallest absolute Gasteiger partial charge is 0.550 e. The number of benzene rings is 1. The molecule has 19 heavy (non-hydrogen) atoms. The van der Waals surface area contributed by atoms with Gasteiger partial charge in [-0.2, -0.15) is 0 Å². The van der Waals surface area contributed by atoms with Crippen molar-refractivity contribution in [1.82, 2.24) is 5.32 Å². The van der Waals surface area contributed by atoms with Gasteiger partial charge in [-0.25, -0.2) is 0 Å². The molecule has 6 nitrogen and oxygen atoms in total. The second-order valence-corrected chi connectivity index (χ2v) is 3.29. The van der Waals surface area contributed by atoms with E-state index < -0.39 is 30.3 Å². The molecule has 0 aromatic heterocycles. The average molecular weight is 249 g/mol. The number of carbonyl (C=O) groups is 3. The van der Waals surface area contributed by atoms with Crippen molar-refractivity contribution in [2.45, 2.75) is 12.5 Å². The van der Waals surface area contributed by atoms with Gasteiger partial charge in [0.2, 0.25) is 0 Å². The van der Waals surface area contributed by atoms with Crippen molar-refractivity contribution < 1.29 is 62.3 Å². The summed E-state index contributed by atoms with van der Waals surface area (Å²) in [7, 11) is 0. The standard InChI is InChI=1S/C11H11NO5.2Li/c13-9(14)6-8(11(16)17)12-10(15)7-4-2-1-3-5-7;;/h1-5,8H,6H2,(H,12,15)(H,13,14)(H,16,17);;/q;2*+1/p-2. The van der Waals surface area contributed by atoms with E-state index >= 15 is 0 Å². The summed E-state index contributed by atoms with van der Waals surface area (Å²) in [5, 5.41) is 22.9. The summed E-state index contributed by atoms with van der Waals surface area (Å²) in [5.74, 6) is -3.92. The maximum absolute atomic E-state index is 11.5. The SMILES string of the molecule is O=C([O-])CC(NC(=O)c1ccccc1)C(=O)[O-].[Li+].[Li+]. The summed E-state index contributed by atoms with van der Waals surface area (Å²) in [6, 6.07) is 6.23. The minimum Gasteiger partial charge on any atom is -0.550 e. The van der Waals surface area contributed by atoms with Crippen LogP contribution in [0.4, 0.5) is 0 Å². The van der Waals surface area contributed by atoms with Crippen LogP contribution in [-0.4, -0.2) is 23.9 Å². The Morgan fingerprint density at radius 2 is 1.58 bits per heavy atom. The summed E-state index contributed by atoms with van der Waals surface area (Å²) >= 11 is 0. The third kappa shape index (κ3) is 7.10. The fraction of sp³-hybridized carbons (Fsp3) is 0.182. The van der Waals surface area contributed by atoms with Crippen LogP contribution in [0.1, 0.15) is 16.8 Å². The summed E-state index contributed by atoms with van der Waals surface area (Å²) in [5.41, 5.74) is 0.233. The van der Waals surface area contributed by atoms with Crippen LogP contribution < -0.4 is 53.3 Å². The number of hydrogen-bond donors (Lipinski definition) is 1. The first-order valence-electron chi connectivity index (χ1n) is 4.77. The van der Waals surface area contributed by atoms with Crippen LogP contribution in [0.3, 0.4) is 0 Å². The molecular weight excluding hydrogens is 240 g/mol. The molecule has 90 valence electrons. The summed E-state index contributed by atoms with van der Waals surface area (Å²) in [4.78, 5) is 32.4. The summed E-state index contributed by atoms with van der Waals surface area (Å²) in [6.07, 6.45) is -0.832. The van der Waals surface area contributed by atoms with Gasteiger partial charge in [-0.3, -0.25) is 4.79 Å². The number of aliphatic carboxylic acids is 2. The molecular formula is C11H9Li2NO5. The number of amides is 1. The summed E-state index contributed by atoms with van der Waals surface area (Å²) in [6.45, 7) is 0. The number of carbonyl (C=O) groups excluding carboxylic acids is 3. The molecule has 0 aliphatic carbocycles. The number of hydrogen-bond acceptors (Lipinski definition) is 5. The second-order valence-electron chi connectivity index (χ2n) is 3.29. The van der Waals surface area contributed by atoms with Crippen LogP contribution in [0.2, 0.25) is 0 Å². The monoisotopic (exact) mass is 249 g/mol. The largest absolute Gasteiger partial charge is 1.00 e. The Bertz CT molecular complexity index is 438. The van der Waals surface area contributed by atoms with Crippen LogP contribution in [0.25, 0.3) is 0 Å². The van der Waals surface area contributed by atoms with Gasteiger partial charge < -0.3 is 25.1 Å². The normalized spacial score (nSPS) is 10.3. The van der Waals surface area contributed by atoms with E-state index in [1.807, 2.05) is 5.32 Å². The maximum Gasteiger partial charge on any atom is 1.00 e. The molecule has 1 aromatic rings. The Hall–Kier alpha value is -1.18. The molecule has 1 amide bonds. The van der Waals surface area contributed by atoms with E-state index in [9.17, 15) is 24.6 Å². The molecule has 0 saturated heterocycles. The van der Waals surface area contributed by atoms with Crippen LogP contribution in [0, 0.1) is 0 Å². The first kappa shape index (κ1) is 20.1. The van der Waals surface area contributed by atoms with Crippen molar-refractivity contribution >= 4 is 17.8 Å². The second kappa shape index (κ2) is 9.72. The van der Waals surface area contributed by atoms with E-state index in [1.54, 1.807) is 18.2 Å². The van der Waals surface area contributed by atoms with E-state index in [2.05, 4.69) is 0 Å². The first-order valence-corrected chi connectivity index (χ1v) is 4.77. The van der Waals surface area contributed by atoms with Gasteiger partial charge in [0.1, 0.15) is 0 Å². The molecule has 0 aliphatic heterocycles. The molecule has 0 radical (unpaired) electrons. The van der Waals surface area contributed by atoms with E-state index in [-0.39, 0.29) is 43.3 Å². The topological polar surface area (TPSA) is 109 Å². The molecule has 1 atom stereocenters. The number of carboxylic acid groups (broad SMARTS) is 2. The minimum absolute atomic E-state index is 0. The zero-order chi connectivity index (χ0) is 12.8. The molecule has 1 rings (SSSR count). The predicted molar refractivity (Wildman–Crippen MR) is 52.3 cm³/mol. The van der Waals surface area contributed by atoms with E-state index in [4.69, 9.17) is 0 Å². The molecule has 0 bridgehead atoms. The molecule has 0 heterocycles. The zero-order valence-corrected chi connectivity index (χ0v) is 10.7. The van der Waals surface area contributed by atoms with Crippen LogP contribution in [0.5, 0.6) is 0 Å². The van der Waals surface area contributed by atoms with Gasteiger partial charge in [0.05, 0.1) is 12.0 Å². The van der Waals surface area contributed by atoms with Gasteiger partial charge in [0.25, 0.3) is 5.91 Å². The maximum atomic E-state index is 11.5. The van der Waals surface area contributed by atoms with Gasteiger partial charge in [-0.1, -0.05) is 18.2 Å². The Morgan fingerprint density at radius 3 is 2.00 bits per heavy atom. The van der Waals surface area contributed by atoms with Crippen molar-refractivity contribution in [3.63, 3.8) is 0 Å². The minimum atomic E-state index is -1.67. The van der Waals surface area contributed by atoms with Gasteiger partial charge >= 0.3 is 37.7 Å². The number of nitrogens with one attached hydrogen (secondary N) is 1. The Kier molecular flexibility index (Phi) is 10.3. The molecule has 8 heteroatoms. The summed E-state index contributed by atoms with van der Waals surface area (Å²) < 4.78 is 0. The van der Waals surface area contributed by atoms with E-state index in [0.29, 0.717) is 0 Å². The number of rotatable bonds is 5. The predicted octanol–water partition coefficient (Wildman–Crippen LogP) is -8.32. The molecule has 0 aliphatic rings. The molecule has 1 N–H and O–H groups in total. The number of carboxylic acids is 2. The van der Waals surface area contributed by atoms with Crippen molar-refractivity contribution in [1.29, 1.82) is 0 Å². The van der Waals surface area contributed by atoms with Crippen molar-refractivity contribution in [2.75, 3.05) is 0 Å². The van der Waals surface area contributed by atoms with E-state index in [1.165, 1.54) is 12.1 Å². The average Bonchev–Trinajstić information content (AvgIpc) is 2.28.